The maximum absolute atomic E-state index is 10.3. The molecule has 0 heterocycles. The lowest BCUT2D eigenvalue weighted by molar-refractivity contribution is -0.137. The Balaban J connectivity index is 1.53. The second kappa shape index (κ2) is 4.97. The monoisotopic (exact) mass is 211 g/mol. The lowest BCUT2D eigenvalue weighted by Gasteiger charge is -2.17. The van der Waals surface area contributed by atoms with Crippen LogP contribution in [0.4, 0.5) is 0 Å². The molecule has 2 N–H and O–H groups in total. The van der Waals surface area contributed by atoms with E-state index in [0.29, 0.717) is 6.42 Å². The summed E-state index contributed by atoms with van der Waals surface area (Å²) in [6.07, 6.45) is 7.75. The van der Waals surface area contributed by atoms with E-state index in [1.165, 1.54) is 25.7 Å². The third-order valence-electron chi connectivity index (χ3n) is 3.46. The fourth-order valence-electron chi connectivity index (χ4n) is 2.30. The van der Waals surface area contributed by atoms with E-state index < -0.39 is 5.97 Å². The summed E-state index contributed by atoms with van der Waals surface area (Å²) in [7, 11) is 0. The highest BCUT2D eigenvalue weighted by Gasteiger charge is 2.40. The third-order valence-corrected chi connectivity index (χ3v) is 3.46. The molecule has 0 aromatic heterocycles. The molecular weight excluding hydrogens is 190 g/mol. The van der Waals surface area contributed by atoms with Crippen LogP contribution in [0.5, 0.6) is 0 Å². The molecule has 2 rings (SSSR count). The summed E-state index contributed by atoms with van der Waals surface area (Å²) in [4.78, 5) is 10.3. The van der Waals surface area contributed by atoms with E-state index >= 15 is 0 Å². The maximum Gasteiger partial charge on any atom is 0.303 e. The Morgan fingerprint density at radius 3 is 2.27 bits per heavy atom. The minimum Gasteiger partial charge on any atom is -0.481 e. The molecule has 2 fully saturated rings. The van der Waals surface area contributed by atoms with Crippen LogP contribution in [-0.2, 0) is 4.79 Å². The minimum absolute atomic E-state index is 0.319. The van der Waals surface area contributed by atoms with Gasteiger partial charge in [0.1, 0.15) is 0 Å². The molecule has 0 atom stereocenters. The molecule has 3 heteroatoms. The van der Waals surface area contributed by atoms with Crippen molar-refractivity contribution in [1.29, 1.82) is 0 Å². The number of carboxylic acid groups (broad SMARTS) is 1. The van der Waals surface area contributed by atoms with Gasteiger partial charge in [0.2, 0.25) is 0 Å². The van der Waals surface area contributed by atoms with Crippen molar-refractivity contribution in [2.75, 3.05) is 6.54 Å². The van der Waals surface area contributed by atoms with Gasteiger partial charge in [-0.3, -0.25) is 4.79 Å². The van der Waals surface area contributed by atoms with Crippen molar-refractivity contribution in [2.24, 2.45) is 11.8 Å². The molecule has 0 amide bonds. The standard InChI is InChI=1S/C12H21NO2/c14-11(15)3-1-2-8-13-12(9-4-5-9)10-6-7-10/h9-10,12-13H,1-8H2,(H,14,15). The second-order valence-corrected chi connectivity index (χ2v) is 5.01. The zero-order valence-electron chi connectivity index (χ0n) is 9.24. The van der Waals surface area contributed by atoms with Crippen molar-refractivity contribution < 1.29 is 9.90 Å². The Morgan fingerprint density at radius 2 is 1.80 bits per heavy atom. The third kappa shape index (κ3) is 3.82. The number of hydrogen-bond donors (Lipinski definition) is 2. The Hall–Kier alpha value is -0.570. The van der Waals surface area contributed by atoms with E-state index in [4.69, 9.17) is 5.11 Å². The first kappa shape index (κ1) is 10.9. The topological polar surface area (TPSA) is 49.3 Å². The molecule has 0 aromatic rings. The van der Waals surface area contributed by atoms with Crippen LogP contribution in [0.2, 0.25) is 0 Å². The van der Waals surface area contributed by atoms with Crippen LogP contribution in [-0.4, -0.2) is 23.7 Å². The van der Waals surface area contributed by atoms with Gasteiger partial charge in [0.15, 0.2) is 0 Å². The molecule has 15 heavy (non-hydrogen) atoms. The number of carbonyl (C=O) groups is 1. The van der Waals surface area contributed by atoms with E-state index in [-0.39, 0.29) is 0 Å². The predicted octanol–water partition coefficient (Wildman–Crippen LogP) is 2.02. The second-order valence-electron chi connectivity index (χ2n) is 5.01. The summed E-state index contributed by atoms with van der Waals surface area (Å²) in [5.74, 6) is 1.21. The normalized spacial score (nSPS) is 20.9. The quantitative estimate of drug-likeness (QED) is 0.604. The van der Waals surface area contributed by atoms with Crippen LogP contribution < -0.4 is 5.32 Å². The van der Waals surface area contributed by atoms with Crippen molar-refractivity contribution in [3.8, 4) is 0 Å². The van der Waals surface area contributed by atoms with Gasteiger partial charge in [0, 0.05) is 12.5 Å². The summed E-state index contributed by atoms with van der Waals surface area (Å²) in [5, 5.41) is 12.1. The van der Waals surface area contributed by atoms with Crippen LogP contribution in [0, 0.1) is 11.8 Å². The molecule has 3 nitrogen and oxygen atoms in total. The van der Waals surface area contributed by atoms with Gasteiger partial charge in [-0.25, -0.2) is 0 Å². The highest BCUT2D eigenvalue weighted by atomic mass is 16.4. The van der Waals surface area contributed by atoms with Crippen molar-refractivity contribution in [2.45, 2.75) is 51.0 Å². The Kier molecular flexibility index (Phi) is 3.62. The van der Waals surface area contributed by atoms with Gasteiger partial charge in [0.05, 0.1) is 0 Å². The zero-order chi connectivity index (χ0) is 10.7. The van der Waals surface area contributed by atoms with Gasteiger partial charge in [-0.15, -0.1) is 0 Å². The van der Waals surface area contributed by atoms with Crippen molar-refractivity contribution in [3.05, 3.63) is 0 Å². The molecule has 0 radical (unpaired) electrons. The highest BCUT2D eigenvalue weighted by Crippen LogP contribution is 2.44. The fraction of sp³-hybridized carbons (Fsp3) is 0.917. The van der Waals surface area contributed by atoms with E-state index in [0.717, 1.165) is 37.3 Å². The number of aliphatic carboxylic acids is 1. The predicted molar refractivity (Wildman–Crippen MR) is 58.7 cm³/mol. The first-order valence-corrected chi connectivity index (χ1v) is 6.22. The van der Waals surface area contributed by atoms with Crippen LogP contribution in [0.3, 0.4) is 0 Å². The lowest BCUT2D eigenvalue weighted by Crippen LogP contribution is -2.33. The molecule has 0 aromatic carbocycles. The van der Waals surface area contributed by atoms with Crippen LogP contribution in [0.25, 0.3) is 0 Å². The minimum atomic E-state index is -0.670. The summed E-state index contributed by atoms with van der Waals surface area (Å²) in [5.41, 5.74) is 0. The molecule has 86 valence electrons. The summed E-state index contributed by atoms with van der Waals surface area (Å²) in [6, 6.07) is 0.759. The number of carboxylic acids is 1. The Labute approximate surface area is 91.2 Å². The number of hydrogen-bond acceptors (Lipinski definition) is 2. The average Bonchev–Trinajstić information content (AvgIpc) is 3.00. The summed E-state index contributed by atoms with van der Waals surface area (Å²) >= 11 is 0. The van der Waals surface area contributed by atoms with Gasteiger partial charge < -0.3 is 10.4 Å². The van der Waals surface area contributed by atoms with E-state index in [1.807, 2.05) is 0 Å². The number of rotatable bonds is 8. The molecule has 0 spiro atoms. The van der Waals surface area contributed by atoms with Gasteiger partial charge >= 0.3 is 5.97 Å². The van der Waals surface area contributed by atoms with E-state index in [1.54, 1.807) is 0 Å². The molecule has 0 unspecified atom stereocenters. The first-order chi connectivity index (χ1) is 7.27. The van der Waals surface area contributed by atoms with Gasteiger partial charge in [-0.1, -0.05) is 0 Å². The number of nitrogens with one attached hydrogen (secondary N) is 1. The molecular formula is C12H21NO2. The number of unbranched alkanes of at least 4 members (excludes halogenated alkanes) is 1. The van der Waals surface area contributed by atoms with Crippen molar-refractivity contribution in [1.82, 2.24) is 5.32 Å². The van der Waals surface area contributed by atoms with Crippen LogP contribution >= 0.6 is 0 Å². The Morgan fingerprint density at radius 1 is 1.20 bits per heavy atom. The zero-order valence-corrected chi connectivity index (χ0v) is 9.24. The average molecular weight is 211 g/mol. The van der Waals surface area contributed by atoms with Gasteiger partial charge in [0.25, 0.3) is 0 Å². The smallest absolute Gasteiger partial charge is 0.303 e. The summed E-state index contributed by atoms with van der Waals surface area (Å²) < 4.78 is 0. The molecule has 0 aliphatic heterocycles. The maximum atomic E-state index is 10.3. The highest BCUT2D eigenvalue weighted by molar-refractivity contribution is 5.66. The van der Waals surface area contributed by atoms with Crippen molar-refractivity contribution >= 4 is 5.97 Å². The lowest BCUT2D eigenvalue weighted by atomic mass is 10.1. The van der Waals surface area contributed by atoms with Gasteiger partial charge in [-0.2, -0.15) is 0 Å². The molecule has 2 aliphatic carbocycles. The Bertz CT molecular complexity index is 210. The van der Waals surface area contributed by atoms with E-state index in [9.17, 15) is 4.79 Å². The van der Waals surface area contributed by atoms with E-state index in [2.05, 4.69) is 5.32 Å². The first-order valence-electron chi connectivity index (χ1n) is 6.22. The molecule has 0 saturated heterocycles. The van der Waals surface area contributed by atoms with Crippen molar-refractivity contribution in [3.63, 3.8) is 0 Å². The molecule has 2 aliphatic rings. The molecule has 0 bridgehead atoms. The SMILES string of the molecule is O=C(O)CCCCNC(C1CC1)C1CC1. The van der Waals surface area contributed by atoms with Gasteiger partial charge in [-0.05, 0) is 56.9 Å². The molecule has 2 saturated carbocycles. The van der Waals surface area contributed by atoms with Crippen LogP contribution in [0.15, 0.2) is 0 Å². The summed E-state index contributed by atoms with van der Waals surface area (Å²) in [6.45, 7) is 1.00. The largest absolute Gasteiger partial charge is 0.481 e. The fourth-order valence-corrected chi connectivity index (χ4v) is 2.30. The van der Waals surface area contributed by atoms with Crippen LogP contribution in [0.1, 0.15) is 44.9 Å².